The van der Waals surface area contributed by atoms with Gasteiger partial charge >= 0.3 is 0 Å². The molecule has 5 atom stereocenters. The number of ether oxygens (including phenoxy) is 2. The molecule has 0 spiro atoms. The van der Waals surface area contributed by atoms with E-state index in [0.29, 0.717) is 28.6 Å². The van der Waals surface area contributed by atoms with Gasteiger partial charge in [0.25, 0.3) is 5.91 Å². The van der Waals surface area contributed by atoms with Crippen LogP contribution in [-0.2, 0) is 9.47 Å². The second-order valence-corrected chi connectivity index (χ2v) is 10.7. The summed E-state index contributed by atoms with van der Waals surface area (Å²) in [7, 11) is 1.40. The Kier molecular flexibility index (Phi) is 8.17. The van der Waals surface area contributed by atoms with E-state index in [0.717, 1.165) is 30.3 Å². The number of carbonyl (C=O) groups excluding carboxylic acids is 1. The second kappa shape index (κ2) is 11.4. The number of likely N-dealkylation sites (tertiary alicyclic amines) is 1. The van der Waals surface area contributed by atoms with Crippen molar-refractivity contribution in [1.82, 2.24) is 19.9 Å². The molecule has 2 fully saturated rings. The van der Waals surface area contributed by atoms with Gasteiger partial charge in [0, 0.05) is 35.7 Å². The fourth-order valence-corrected chi connectivity index (χ4v) is 6.12. The van der Waals surface area contributed by atoms with Crippen LogP contribution >= 0.6 is 23.4 Å². The first kappa shape index (κ1) is 27.9. The van der Waals surface area contributed by atoms with E-state index in [4.69, 9.17) is 21.1 Å². The number of rotatable bonds is 7. The molecule has 3 heterocycles. The first-order valence-corrected chi connectivity index (χ1v) is 13.3. The van der Waals surface area contributed by atoms with Gasteiger partial charge in [0.05, 0.1) is 18.4 Å². The van der Waals surface area contributed by atoms with Crippen LogP contribution in [0.15, 0.2) is 41.4 Å². The first-order chi connectivity index (χ1) is 18.7. The SMILES string of the molecule is CO[C@@H]1[C@@H](n2cc(-c3cc(F)c(F)c(F)c3)nn2)[C@@H](O)[C@@H](CO)O[C@@H]1Sc1cc(Cl)ccc1C(=O)N1CCC1. The van der Waals surface area contributed by atoms with E-state index >= 15 is 0 Å². The van der Waals surface area contributed by atoms with Crippen molar-refractivity contribution in [2.45, 2.75) is 41.1 Å². The number of aliphatic hydroxyl groups excluding tert-OH is 2. The molecule has 208 valence electrons. The Hall–Kier alpha value is -2.68. The van der Waals surface area contributed by atoms with Crippen molar-refractivity contribution in [3.8, 4) is 11.3 Å². The van der Waals surface area contributed by atoms with E-state index < -0.39 is 53.8 Å². The molecular weight excluding hydrogens is 561 g/mol. The number of hydrogen-bond donors (Lipinski definition) is 2. The molecule has 2 aliphatic heterocycles. The van der Waals surface area contributed by atoms with Crippen LogP contribution in [0.4, 0.5) is 13.2 Å². The quantitative estimate of drug-likeness (QED) is 0.407. The zero-order valence-electron chi connectivity index (χ0n) is 20.5. The number of aliphatic hydroxyl groups is 2. The number of amides is 1. The monoisotopic (exact) mass is 584 g/mol. The van der Waals surface area contributed by atoms with Crippen LogP contribution in [0, 0.1) is 17.5 Å². The Balaban J connectivity index is 1.47. The smallest absolute Gasteiger partial charge is 0.254 e. The van der Waals surface area contributed by atoms with Crippen molar-refractivity contribution >= 4 is 29.3 Å². The zero-order chi connectivity index (χ0) is 27.8. The van der Waals surface area contributed by atoms with Crippen LogP contribution in [0.2, 0.25) is 5.02 Å². The predicted octanol–water partition coefficient (Wildman–Crippen LogP) is 3.29. The minimum atomic E-state index is -1.61. The molecule has 2 aliphatic rings. The molecule has 2 N–H and O–H groups in total. The predicted molar refractivity (Wildman–Crippen MR) is 135 cm³/mol. The van der Waals surface area contributed by atoms with Crippen LogP contribution < -0.4 is 0 Å². The molecule has 3 aromatic rings. The van der Waals surface area contributed by atoms with Crippen molar-refractivity contribution in [2.24, 2.45) is 0 Å². The molecule has 39 heavy (non-hydrogen) atoms. The fraction of sp³-hybridized carbons (Fsp3) is 0.400. The van der Waals surface area contributed by atoms with Gasteiger partial charge in [-0.3, -0.25) is 4.79 Å². The lowest BCUT2D eigenvalue weighted by Crippen LogP contribution is -2.55. The van der Waals surface area contributed by atoms with E-state index in [-0.39, 0.29) is 17.2 Å². The Labute approximate surface area is 230 Å². The first-order valence-electron chi connectivity index (χ1n) is 12.0. The molecule has 9 nitrogen and oxygen atoms in total. The molecule has 2 saturated heterocycles. The van der Waals surface area contributed by atoms with Crippen molar-refractivity contribution in [1.29, 1.82) is 0 Å². The van der Waals surface area contributed by atoms with Crippen molar-refractivity contribution in [3.05, 3.63) is 64.6 Å². The maximum absolute atomic E-state index is 13.8. The third-order valence-electron chi connectivity index (χ3n) is 6.75. The fourth-order valence-electron chi connectivity index (χ4n) is 4.55. The number of benzene rings is 2. The van der Waals surface area contributed by atoms with Gasteiger partial charge in [0.2, 0.25) is 0 Å². The molecule has 1 amide bonds. The maximum Gasteiger partial charge on any atom is 0.254 e. The summed E-state index contributed by atoms with van der Waals surface area (Å²) in [4.78, 5) is 15.3. The van der Waals surface area contributed by atoms with E-state index in [9.17, 15) is 28.2 Å². The number of hydrogen-bond acceptors (Lipinski definition) is 8. The van der Waals surface area contributed by atoms with Gasteiger partial charge < -0.3 is 24.6 Å². The maximum atomic E-state index is 13.8. The van der Waals surface area contributed by atoms with Crippen molar-refractivity contribution < 1.29 is 37.7 Å². The highest BCUT2D eigenvalue weighted by molar-refractivity contribution is 8.00. The van der Waals surface area contributed by atoms with E-state index in [1.165, 1.54) is 18.0 Å². The van der Waals surface area contributed by atoms with Gasteiger partial charge in [0.1, 0.15) is 35.5 Å². The lowest BCUT2D eigenvalue weighted by Gasteiger charge is -2.43. The standard InChI is InChI=1S/C25H24ClF3N4O5S/c1-37-23-21(33-10-17(30-31-33)12-7-15(27)20(29)16(28)8-12)22(35)18(11-34)38-25(23)39-19-9-13(26)3-4-14(19)24(36)32-5-2-6-32/h3-4,7-10,18,21-23,25,34-35H,2,5-6,11H2,1H3/t18-,21+,22+,23-,25-/m1/s1. The van der Waals surface area contributed by atoms with Crippen LogP contribution in [-0.4, -0.2) is 86.6 Å². The molecule has 1 aromatic heterocycles. The largest absolute Gasteiger partial charge is 0.394 e. The number of methoxy groups -OCH3 is 1. The number of nitrogens with zero attached hydrogens (tertiary/aromatic N) is 4. The average molecular weight is 585 g/mol. The summed E-state index contributed by atoms with van der Waals surface area (Å²) in [5.41, 5.74) is -0.473. The average Bonchev–Trinajstić information content (AvgIpc) is 3.36. The Morgan fingerprint density at radius 1 is 1.23 bits per heavy atom. The third-order valence-corrected chi connectivity index (χ3v) is 8.19. The minimum absolute atomic E-state index is 0.0170. The van der Waals surface area contributed by atoms with E-state index in [1.54, 1.807) is 23.1 Å². The summed E-state index contributed by atoms with van der Waals surface area (Å²) in [5.74, 6) is -4.53. The van der Waals surface area contributed by atoms with Gasteiger partial charge in [-0.05, 0) is 36.8 Å². The van der Waals surface area contributed by atoms with Gasteiger partial charge in [-0.2, -0.15) is 0 Å². The molecule has 0 saturated carbocycles. The Morgan fingerprint density at radius 3 is 2.56 bits per heavy atom. The van der Waals surface area contributed by atoms with Crippen LogP contribution in [0.1, 0.15) is 22.8 Å². The molecular formula is C25H24ClF3N4O5S. The summed E-state index contributed by atoms with van der Waals surface area (Å²) in [6, 6.07) is 5.49. The lowest BCUT2D eigenvalue weighted by molar-refractivity contribution is -0.186. The highest BCUT2D eigenvalue weighted by atomic mass is 35.5. The van der Waals surface area contributed by atoms with Crippen molar-refractivity contribution in [2.75, 3.05) is 26.8 Å². The summed E-state index contributed by atoms with van der Waals surface area (Å²) < 4.78 is 54.0. The van der Waals surface area contributed by atoms with Crippen molar-refractivity contribution in [3.63, 3.8) is 0 Å². The Bertz CT molecular complexity index is 1350. The summed E-state index contributed by atoms with van der Waals surface area (Å²) >= 11 is 7.39. The normalized spacial score (nSPS) is 25.0. The van der Waals surface area contributed by atoms with Gasteiger partial charge in [-0.25, -0.2) is 17.9 Å². The van der Waals surface area contributed by atoms with E-state index in [2.05, 4.69) is 10.3 Å². The zero-order valence-corrected chi connectivity index (χ0v) is 22.1. The van der Waals surface area contributed by atoms with Gasteiger partial charge in [-0.1, -0.05) is 28.6 Å². The molecule has 0 radical (unpaired) electrons. The lowest BCUT2D eigenvalue weighted by atomic mass is 9.97. The van der Waals surface area contributed by atoms with E-state index in [1.807, 2.05) is 0 Å². The molecule has 0 bridgehead atoms. The highest BCUT2D eigenvalue weighted by Gasteiger charge is 2.48. The molecule has 2 aromatic carbocycles. The van der Waals surface area contributed by atoms with Crippen LogP contribution in [0.3, 0.4) is 0 Å². The summed E-state index contributed by atoms with van der Waals surface area (Å²) in [6.07, 6.45) is -1.04. The molecule has 0 unspecified atom stereocenters. The third kappa shape index (κ3) is 5.39. The topological polar surface area (TPSA) is 110 Å². The molecule has 0 aliphatic carbocycles. The molecule has 14 heteroatoms. The number of aromatic nitrogens is 3. The van der Waals surface area contributed by atoms with Crippen LogP contribution in [0.25, 0.3) is 11.3 Å². The number of thioether (sulfide) groups is 1. The summed E-state index contributed by atoms with van der Waals surface area (Å²) in [5, 5.41) is 29.4. The molecule has 5 rings (SSSR count). The highest BCUT2D eigenvalue weighted by Crippen LogP contribution is 2.41. The number of carbonyl (C=O) groups is 1. The summed E-state index contributed by atoms with van der Waals surface area (Å²) in [6.45, 7) is 0.767. The minimum Gasteiger partial charge on any atom is -0.394 e. The van der Waals surface area contributed by atoms with Crippen LogP contribution in [0.5, 0.6) is 0 Å². The Morgan fingerprint density at radius 2 is 1.95 bits per heavy atom. The van der Waals surface area contributed by atoms with Gasteiger partial charge in [-0.15, -0.1) is 5.10 Å². The number of halogens is 4. The second-order valence-electron chi connectivity index (χ2n) is 9.15. The van der Waals surface area contributed by atoms with Gasteiger partial charge in [0.15, 0.2) is 17.5 Å².